The minimum atomic E-state index is -0.677. The third-order valence-corrected chi connectivity index (χ3v) is 5.83. The van der Waals surface area contributed by atoms with Crippen molar-refractivity contribution < 1.29 is 19.1 Å². The molecular weight excluding hydrogens is 374 g/mol. The number of carbonyl (C=O) groups excluding carboxylic acids is 2. The number of ketones is 1. The first-order chi connectivity index (χ1) is 13.5. The zero-order valence-corrected chi connectivity index (χ0v) is 16.3. The molecule has 1 fully saturated rings. The Morgan fingerprint density at radius 3 is 2.68 bits per heavy atom. The molecule has 142 valence electrons. The summed E-state index contributed by atoms with van der Waals surface area (Å²) >= 11 is 1.44. The van der Waals surface area contributed by atoms with E-state index in [9.17, 15) is 14.7 Å². The van der Waals surface area contributed by atoms with Crippen molar-refractivity contribution in [1.29, 1.82) is 0 Å². The van der Waals surface area contributed by atoms with Crippen molar-refractivity contribution in [2.45, 2.75) is 26.4 Å². The molecule has 1 unspecified atom stereocenters. The molecule has 0 aliphatic carbocycles. The molecule has 6 heteroatoms. The molecule has 1 aromatic carbocycles. The predicted octanol–water partition coefficient (Wildman–Crippen LogP) is 4.58. The van der Waals surface area contributed by atoms with Gasteiger partial charge in [-0.05, 0) is 49.1 Å². The SMILES string of the molecule is Cc1ccc(C)c(C(O)=C2C(=O)C(=O)N(Cc3ccco3)C2c2cccs2)c1. The van der Waals surface area contributed by atoms with Crippen LogP contribution < -0.4 is 0 Å². The van der Waals surface area contributed by atoms with E-state index in [1.54, 1.807) is 12.1 Å². The van der Waals surface area contributed by atoms with Crippen molar-refractivity contribution in [3.8, 4) is 0 Å². The second-order valence-electron chi connectivity index (χ2n) is 6.84. The Kier molecular flexibility index (Phi) is 4.65. The lowest BCUT2D eigenvalue weighted by Crippen LogP contribution is -2.28. The van der Waals surface area contributed by atoms with E-state index in [4.69, 9.17) is 4.42 Å². The lowest BCUT2D eigenvalue weighted by molar-refractivity contribution is -0.140. The van der Waals surface area contributed by atoms with Gasteiger partial charge in [0.05, 0.1) is 18.4 Å². The molecule has 1 N–H and O–H groups in total. The van der Waals surface area contributed by atoms with Gasteiger partial charge in [0.1, 0.15) is 17.6 Å². The Balaban J connectivity index is 1.88. The Morgan fingerprint density at radius 2 is 2.00 bits per heavy atom. The molecule has 1 aliphatic rings. The molecule has 0 saturated carbocycles. The molecule has 3 heterocycles. The molecular formula is C22H19NO4S. The molecule has 2 aromatic heterocycles. The van der Waals surface area contributed by atoms with E-state index in [1.165, 1.54) is 22.5 Å². The number of nitrogens with zero attached hydrogens (tertiary/aromatic N) is 1. The monoisotopic (exact) mass is 393 g/mol. The average Bonchev–Trinajstić information content (AvgIpc) is 3.42. The third-order valence-electron chi connectivity index (χ3n) is 4.91. The number of thiophene rings is 1. The molecule has 1 saturated heterocycles. The Hall–Kier alpha value is -3.12. The molecule has 3 aromatic rings. The van der Waals surface area contributed by atoms with Gasteiger partial charge in [-0.3, -0.25) is 9.59 Å². The number of likely N-dealkylation sites (tertiary alicyclic amines) is 1. The van der Waals surface area contributed by atoms with Crippen molar-refractivity contribution in [2.75, 3.05) is 0 Å². The maximum atomic E-state index is 12.9. The number of rotatable bonds is 4. The number of hydrogen-bond acceptors (Lipinski definition) is 5. The van der Waals surface area contributed by atoms with Crippen molar-refractivity contribution >= 4 is 28.8 Å². The highest BCUT2D eigenvalue weighted by atomic mass is 32.1. The van der Waals surface area contributed by atoms with Crippen LogP contribution in [0.25, 0.3) is 5.76 Å². The van der Waals surface area contributed by atoms with Gasteiger partial charge in [0.25, 0.3) is 11.7 Å². The lowest BCUT2D eigenvalue weighted by atomic mass is 9.96. The first-order valence-corrected chi connectivity index (χ1v) is 9.77. The molecule has 5 nitrogen and oxygen atoms in total. The van der Waals surface area contributed by atoms with E-state index in [0.29, 0.717) is 11.3 Å². The third kappa shape index (κ3) is 3.05. The van der Waals surface area contributed by atoms with Crippen LogP contribution in [0.2, 0.25) is 0 Å². The fraction of sp³-hybridized carbons (Fsp3) is 0.182. The highest BCUT2D eigenvalue weighted by Crippen LogP contribution is 2.42. The summed E-state index contributed by atoms with van der Waals surface area (Å²) in [7, 11) is 0. The van der Waals surface area contributed by atoms with Gasteiger partial charge in [0, 0.05) is 10.4 Å². The Bertz CT molecular complexity index is 1060. The Labute approximate surface area is 166 Å². The van der Waals surface area contributed by atoms with Crippen LogP contribution >= 0.6 is 11.3 Å². The predicted molar refractivity (Wildman–Crippen MR) is 107 cm³/mol. The summed E-state index contributed by atoms with van der Waals surface area (Å²) in [6.45, 7) is 3.94. The van der Waals surface area contributed by atoms with Gasteiger partial charge < -0.3 is 14.4 Å². The van der Waals surface area contributed by atoms with Gasteiger partial charge in [-0.1, -0.05) is 23.8 Å². The summed E-state index contributed by atoms with van der Waals surface area (Å²) in [5, 5.41) is 13.0. The largest absolute Gasteiger partial charge is 0.507 e. The number of carbonyl (C=O) groups is 2. The zero-order valence-electron chi connectivity index (χ0n) is 15.5. The van der Waals surface area contributed by atoms with E-state index in [0.717, 1.165) is 16.0 Å². The van der Waals surface area contributed by atoms with Crippen LogP contribution in [0.5, 0.6) is 0 Å². The summed E-state index contributed by atoms with van der Waals surface area (Å²) in [5.74, 6) is -0.875. The zero-order chi connectivity index (χ0) is 19.8. The molecule has 0 radical (unpaired) electrons. The van der Waals surface area contributed by atoms with Crippen molar-refractivity contribution in [2.24, 2.45) is 0 Å². The Morgan fingerprint density at radius 1 is 1.18 bits per heavy atom. The fourth-order valence-corrected chi connectivity index (χ4v) is 4.34. The topological polar surface area (TPSA) is 70.8 Å². The molecule has 0 spiro atoms. The lowest BCUT2D eigenvalue weighted by Gasteiger charge is -2.23. The van der Waals surface area contributed by atoms with Crippen LogP contribution in [0.1, 0.15) is 33.4 Å². The molecule has 1 atom stereocenters. The van der Waals surface area contributed by atoms with E-state index in [-0.39, 0.29) is 17.9 Å². The first-order valence-electron chi connectivity index (χ1n) is 8.89. The standard InChI is InChI=1S/C22H19NO4S/c1-13-7-8-14(2)16(11-13)20(24)18-19(17-6-4-10-28-17)23(22(26)21(18)25)12-15-5-3-9-27-15/h3-11,19,24H,12H2,1-2H3. The number of aryl methyl sites for hydroxylation is 2. The minimum absolute atomic E-state index is 0.118. The van der Waals surface area contributed by atoms with Gasteiger partial charge in [0.15, 0.2) is 0 Å². The van der Waals surface area contributed by atoms with Gasteiger partial charge >= 0.3 is 0 Å². The van der Waals surface area contributed by atoms with Crippen LogP contribution in [0.15, 0.2) is 64.1 Å². The van der Waals surface area contributed by atoms with Crippen molar-refractivity contribution in [3.05, 3.63) is 87.0 Å². The second-order valence-corrected chi connectivity index (χ2v) is 7.82. The molecule has 4 rings (SSSR count). The van der Waals surface area contributed by atoms with Gasteiger partial charge in [-0.2, -0.15) is 0 Å². The fourth-order valence-electron chi connectivity index (χ4n) is 3.49. The van der Waals surface area contributed by atoms with Gasteiger partial charge in [0.2, 0.25) is 0 Å². The number of Topliss-reactive ketones (excluding diaryl/α,β-unsaturated/α-hetero) is 1. The van der Waals surface area contributed by atoms with E-state index < -0.39 is 17.7 Å². The maximum Gasteiger partial charge on any atom is 0.296 e. The molecule has 1 amide bonds. The second kappa shape index (κ2) is 7.13. The number of hydrogen-bond donors (Lipinski definition) is 1. The number of amides is 1. The number of aliphatic hydroxyl groups is 1. The van der Waals surface area contributed by atoms with Gasteiger partial charge in [-0.25, -0.2) is 0 Å². The summed E-state index contributed by atoms with van der Waals surface area (Å²) in [4.78, 5) is 28.0. The quantitative estimate of drug-likeness (QED) is 0.400. The van der Waals surface area contributed by atoms with E-state index in [2.05, 4.69) is 0 Å². The minimum Gasteiger partial charge on any atom is -0.507 e. The van der Waals surface area contributed by atoms with E-state index >= 15 is 0 Å². The first kappa shape index (κ1) is 18.3. The van der Waals surface area contributed by atoms with Crippen LogP contribution in [0, 0.1) is 13.8 Å². The molecule has 28 heavy (non-hydrogen) atoms. The highest BCUT2D eigenvalue weighted by Gasteiger charge is 2.46. The van der Waals surface area contributed by atoms with Crippen LogP contribution in [-0.2, 0) is 16.1 Å². The summed E-state index contributed by atoms with van der Waals surface area (Å²) in [6, 6.07) is 12.2. The van der Waals surface area contributed by atoms with E-state index in [1.807, 2.05) is 49.6 Å². The number of furan rings is 1. The summed E-state index contributed by atoms with van der Waals surface area (Å²) in [6.07, 6.45) is 1.53. The smallest absolute Gasteiger partial charge is 0.296 e. The van der Waals surface area contributed by atoms with Gasteiger partial charge in [-0.15, -0.1) is 11.3 Å². The summed E-state index contributed by atoms with van der Waals surface area (Å²) in [5.41, 5.74) is 2.49. The number of benzene rings is 1. The normalized spacial score (nSPS) is 18.8. The highest BCUT2D eigenvalue weighted by molar-refractivity contribution is 7.10. The number of aliphatic hydroxyl groups excluding tert-OH is 1. The summed E-state index contributed by atoms with van der Waals surface area (Å²) < 4.78 is 5.38. The van der Waals surface area contributed by atoms with Crippen LogP contribution in [0.4, 0.5) is 0 Å². The molecule has 1 aliphatic heterocycles. The van der Waals surface area contributed by atoms with Crippen molar-refractivity contribution in [1.82, 2.24) is 4.90 Å². The molecule has 0 bridgehead atoms. The maximum absolute atomic E-state index is 12.9. The average molecular weight is 393 g/mol. The van der Waals surface area contributed by atoms with Crippen molar-refractivity contribution in [3.63, 3.8) is 0 Å². The van der Waals surface area contributed by atoms with Crippen LogP contribution in [-0.4, -0.2) is 21.7 Å². The van der Waals surface area contributed by atoms with Crippen LogP contribution in [0.3, 0.4) is 0 Å².